The second-order valence-electron chi connectivity index (χ2n) is 4.98. The van der Waals surface area contributed by atoms with Crippen LogP contribution in [0.4, 0.5) is 0 Å². The molecule has 0 aromatic carbocycles. The number of carbonyl (C=O) groups is 1. The van der Waals surface area contributed by atoms with Crippen molar-refractivity contribution >= 4 is 5.78 Å². The predicted molar refractivity (Wildman–Crippen MR) is 68.2 cm³/mol. The van der Waals surface area contributed by atoms with E-state index in [0.29, 0.717) is 11.7 Å². The van der Waals surface area contributed by atoms with Crippen LogP contribution in [-0.4, -0.2) is 11.8 Å². The lowest BCUT2D eigenvalue weighted by Crippen LogP contribution is -2.20. The Kier molecular flexibility index (Phi) is 5.75. The number of hydrogen-bond acceptors (Lipinski definition) is 2. The Morgan fingerprint density at radius 2 is 2.19 bits per heavy atom. The van der Waals surface area contributed by atoms with Crippen molar-refractivity contribution in [2.75, 3.05) is 0 Å². The Balaban J connectivity index is 2.34. The Labute approximate surface area is 99.3 Å². The van der Waals surface area contributed by atoms with Crippen molar-refractivity contribution in [2.24, 2.45) is 17.6 Å². The van der Waals surface area contributed by atoms with Crippen LogP contribution in [0.5, 0.6) is 0 Å². The molecular formula is C14H25NO. The van der Waals surface area contributed by atoms with E-state index in [1.807, 2.05) is 12.2 Å². The maximum atomic E-state index is 12.0. The third-order valence-electron chi connectivity index (χ3n) is 3.56. The summed E-state index contributed by atoms with van der Waals surface area (Å²) in [6.45, 7) is 4.39. The van der Waals surface area contributed by atoms with Gasteiger partial charge in [0.25, 0.3) is 0 Å². The van der Waals surface area contributed by atoms with Gasteiger partial charge in [0.2, 0.25) is 0 Å². The monoisotopic (exact) mass is 223 g/mol. The highest BCUT2D eigenvalue weighted by atomic mass is 16.1. The molecule has 0 saturated heterocycles. The number of unbranched alkanes of at least 4 members (excludes halogenated alkanes) is 1. The Bertz CT molecular complexity index is 247. The predicted octanol–water partition coefficient (Wildman–Crippen LogP) is 3.07. The Morgan fingerprint density at radius 1 is 1.44 bits per heavy atom. The van der Waals surface area contributed by atoms with Crippen molar-refractivity contribution in [2.45, 2.75) is 58.4 Å². The number of Topliss-reactive ketones (excluding diaryl/α,β-unsaturated/α-hetero) is 1. The number of nitrogens with two attached hydrogens (primary N) is 1. The Morgan fingerprint density at radius 3 is 2.69 bits per heavy atom. The molecule has 3 unspecified atom stereocenters. The SMILES string of the molecule is CCCCC(CC)CC(=O)C1C=CC(N)C1. The number of ketones is 1. The molecule has 0 aromatic rings. The van der Waals surface area contributed by atoms with Gasteiger partial charge in [0, 0.05) is 18.4 Å². The highest BCUT2D eigenvalue weighted by molar-refractivity contribution is 5.83. The fourth-order valence-corrected chi connectivity index (χ4v) is 2.35. The first-order valence-electron chi connectivity index (χ1n) is 6.64. The fourth-order valence-electron chi connectivity index (χ4n) is 2.35. The van der Waals surface area contributed by atoms with Crippen molar-refractivity contribution in [3.63, 3.8) is 0 Å². The first kappa shape index (κ1) is 13.4. The van der Waals surface area contributed by atoms with E-state index in [4.69, 9.17) is 5.73 Å². The van der Waals surface area contributed by atoms with Gasteiger partial charge >= 0.3 is 0 Å². The smallest absolute Gasteiger partial charge is 0.140 e. The maximum absolute atomic E-state index is 12.0. The fraction of sp³-hybridized carbons (Fsp3) is 0.786. The zero-order valence-electron chi connectivity index (χ0n) is 10.6. The van der Waals surface area contributed by atoms with E-state index in [9.17, 15) is 4.79 Å². The van der Waals surface area contributed by atoms with Crippen LogP contribution < -0.4 is 5.73 Å². The van der Waals surface area contributed by atoms with Crippen LogP contribution in [0.3, 0.4) is 0 Å². The van der Waals surface area contributed by atoms with Crippen molar-refractivity contribution in [1.82, 2.24) is 0 Å². The molecule has 1 aliphatic carbocycles. The van der Waals surface area contributed by atoms with E-state index >= 15 is 0 Å². The molecule has 2 heteroatoms. The summed E-state index contributed by atoms with van der Waals surface area (Å²) in [7, 11) is 0. The zero-order chi connectivity index (χ0) is 12.0. The van der Waals surface area contributed by atoms with E-state index in [1.165, 1.54) is 19.3 Å². The number of rotatable bonds is 7. The van der Waals surface area contributed by atoms with E-state index < -0.39 is 0 Å². The summed E-state index contributed by atoms with van der Waals surface area (Å²) >= 11 is 0. The first-order valence-corrected chi connectivity index (χ1v) is 6.64. The molecule has 0 spiro atoms. The molecule has 0 bridgehead atoms. The third kappa shape index (κ3) is 4.09. The summed E-state index contributed by atoms with van der Waals surface area (Å²) in [6.07, 6.45) is 10.3. The van der Waals surface area contributed by atoms with Crippen molar-refractivity contribution in [1.29, 1.82) is 0 Å². The van der Waals surface area contributed by atoms with Crippen LogP contribution >= 0.6 is 0 Å². The van der Waals surface area contributed by atoms with Gasteiger partial charge in [0.05, 0.1) is 0 Å². The molecule has 0 fully saturated rings. The van der Waals surface area contributed by atoms with E-state index in [2.05, 4.69) is 13.8 Å². The molecular weight excluding hydrogens is 198 g/mol. The number of hydrogen-bond donors (Lipinski definition) is 1. The number of allylic oxidation sites excluding steroid dienone is 1. The van der Waals surface area contributed by atoms with Crippen LogP contribution in [0.1, 0.15) is 52.4 Å². The minimum Gasteiger partial charge on any atom is -0.324 e. The summed E-state index contributed by atoms with van der Waals surface area (Å²) in [5.41, 5.74) is 5.77. The van der Waals surface area contributed by atoms with Gasteiger partial charge in [-0.15, -0.1) is 0 Å². The molecule has 2 N–H and O–H groups in total. The highest BCUT2D eigenvalue weighted by Gasteiger charge is 2.24. The second-order valence-corrected chi connectivity index (χ2v) is 4.98. The molecule has 0 radical (unpaired) electrons. The van der Waals surface area contributed by atoms with Gasteiger partial charge in [0.15, 0.2) is 0 Å². The third-order valence-corrected chi connectivity index (χ3v) is 3.56. The first-order chi connectivity index (χ1) is 7.67. The molecule has 92 valence electrons. The average molecular weight is 223 g/mol. The molecule has 16 heavy (non-hydrogen) atoms. The Hall–Kier alpha value is -0.630. The zero-order valence-corrected chi connectivity index (χ0v) is 10.6. The largest absolute Gasteiger partial charge is 0.324 e. The van der Waals surface area contributed by atoms with Gasteiger partial charge in [-0.05, 0) is 12.3 Å². The average Bonchev–Trinajstić information content (AvgIpc) is 2.70. The van der Waals surface area contributed by atoms with Crippen LogP contribution in [0.15, 0.2) is 12.2 Å². The molecule has 0 saturated carbocycles. The molecule has 1 rings (SSSR count). The summed E-state index contributed by atoms with van der Waals surface area (Å²) in [6, 6.07) is 0.102. The van der Waals surface area contributed by atoms with Gasteiger partial charge in [0.1, 0.15) is 5.78 Å². The van der Waals surface area contributed by atoms with Crippen LogP contribution in [0, 0.1) is 11.8 Å². The second kappa shape index (κ2) is 6.85. The molecule has 1 aliphatic rings. The molecule has 0 heterocycles. The summed E-state index contributed by atoms with van der Waals surface area (Å²) in [5, 5.41) is 0. The molecule has 0 aliphatic heterocycles. The quantitative estimate of drug-likeness (QED) is 0.674. The lowest BCUT2D eigenvalue weighted by Gasteiger charge is -2.16. The topological polar surface area (TPSA) is 43.1 Å². The standard InChI is InChI=1S/C14H25NO/c1-3-5-6-11(4-2)9-14(16)12-7-8-13(15)10-12/h7-8,11-13H,3-6,9-10,15H2,1-2H3. The maximum Gasteiger partial charge on any atom is 0.140 e. The minimum absolute atomic E-state index is 0.102. The van der Waals surface area contributed by atoms with Gasteiger partial charge in [-0.3, -0.25) is 4.79 Å². The van der Waals surface area contributed by atoms with E-state index in [0.717, 1.165) is 19.3 Å². The van der Waals surface area contributed by atoms with E-state index in [1.54, 1.807) is 0 Å². The van der Waals surface area contributed by atoms with Crippen molar-refractivity contribution in [3.05, 3.63) is 12.2 Å². The molecule has 0 aromatic heterocycles. The molecule has 2 nitrogen and oxygen atoms in total. The summed E-state index contributed by atoms with van der Waals surface area (Å²) < 4.78 is 0. The van der Waals surface area contributed by atoms with Gasteiger partial charge in [-0.1, -0.05) is 51.7 Å². The van der Waals surface area contributed by atoms with Crippen LogP contribution in [0.2, 0.25) is 0 Å². The summed E-state index contributed by atoms with van der Waals surface area (Å²) in [5.74, 6) is 1.08. The van der Waals surface area contributed by atoms with Crippen molar-refractivity contribution < 1.29 is 4.79 Å². The van der Waals surface area contributed by atoms with Crippen molar-refractivity contribution in [3.8, 4) is 0 Å². The van der Waals surface area contributed by atoms with Gasteiger partial charge in [-0.2, -0.15) is 0 Å². The van der Waals surface area contributed by atoms with E-state index in [-0.39, 0.29) is 12.0 Å². The summed E-state index contributed by atoms with van der Waals surface area (Å²) in [4.78, 5) is 12.0. The van der Waals surface area contributed by atoms with Crippen LogP contribution in [-0.2, 0) is 4.79 Å². The van der Waals surface area contributed by atoms with Crippen LogP contribution in [0.25, 0.3) is 0 Å². The van der Waals surface area contributed by atoms with Gasteiger partial charge in [-0.25, -0.2) is 0 Å². The lowest BCUT2D eigenvalue weighted by atomic mass is 9.89. The normalized spacial score (nSPS) is 25.9. The lowest BCUT2D eigenvalue weighted by molar-refractivity contribution is -0.122. The molecule has 3 atom stereocenters. The molecule has 0 amide bonds. The van der Waals surface area contributed by atoms with Gasteiger partial charge < -0.3 is 5.73 Å². The minimum atomic E-state index is 0.102. The highest BCUT2D eigenvalue weighted by Crippen LogP contribution is 2.24. The number of carbonyl (C=O) groups excluding carboxylic acids is 1.